The van der Waals surface area contributed by atoms with Crippen LogP contribution >= 0.6 is 15.9 Å². The van der Waals surface area contributed by atoms with Crippen LogP contribution in [0.3, 0.4) is 0 Å². The number of nitrogens with zero attached hydrogens (tertiary/aromatic N) is 1. The van der Waals surface area contributed by atoms with E-state index in [-0.39, 0.29) is 5.60 Å². The average Bonchev–Trinajstić information content (AvgIpc) is 2.51. The van der Waals surface area contributed by atoms with Crippen molar-refractivity contribution in [2.24, 2.45) is 5.41 Å². The largest absolute Gasteiger partial charge is 0.303 e. The molecule has 2 aliphatic heterocycles. The Labute approximate surface area is 106 Å². The minimum absolute atomic E-state index is 0.0623. The second kappa shape index (κ2) is 4.31. The summed E-state index contributed by atoms with van der Waals surface area (Å²) >= 11 is 3.42. The van der Waals surface area contributed by atoms with E-state index in [2.05, 4.69) is 53.2 Å². The minimum atomic E-state index is -0.0623. The third-order valence-electron chi connectivity index (χ3n) is 3.14. The van der Waals surface area contributed by atoms with E-state index in [0.29, 0.717) is 5.41 Å². The molecule has 0 unspecified atom stereocenters. The number of rotatable bonds is 1. The molecule has 1 N–H and O–H groups in total. The number of halogens is 1. The third kappa shape index (κ3) is 2.99. The Bertz CT molecular complexity index is 288. The molecule has 16 heavy (non-hydrogen) atoms. The van der Waals surface area contributed by atoms with E-state index >= 15 is 0 Å². The van der Waals surface area contributed by atoms with E-state index in [1.165, 1.54) is 6.54 Å². The molecule has 0 saturated carbocycles. The van der Waals surface area contributed by atoms with Gasteiger partial charge in [-0.1, -0.05) is 20.8 Å². The van der Waals surface area contributed by atoms with Gasteiger partial charge < -0.3 is 4.90 Å². The van der Waals surface area contributed by atoms with Crippen LogP contribution in [0, 0.1) is 5.41 Å². The molecule has 0 aliphatic carbocycles. The molecule has 0 amide bonds. The summed E-state index contributed by atoms with van der Waals surface area (Å²) in [6.07, 6.45) is 4.32. The van der Waals surface area contributed by atoms with Crippen molar-refractivity contribution in [2.45, 2.75) is 39.2 Å². The first-order chi connectivity index (χ1) is 7.39. The van der Waals surface area contributed by atoms with Crippen LogP contribution in [0.2, 0.25) is 0 Å². The third-order valence-corrected chi connectivity index (χ3v) is 3.53. The van der Waals surface area contributed by atoms with E-state index in [4.69, 9.17) is 4.84 Å². The highest BCUT2D eigenvalue weighted by molar-refractivity contribution is 9.11. The Morgan fingerprint density at radius 1 is 1.44 bits per heavy atom. The topological polar surface area (TPSA) is 24.5 Å². The van der Waals surface area contributed by atoms with Crippen LogP contribution in [0.4, 0.5) is 0 Å². The monoisotopic (exact) mass is 288 g/mol. The molecule has 2 rings (SSSR count). The summed E-state index contributed by atoms with van der Waals surface area (Å²) in [4.78, 5) is 8.19. The fraction of sp³-hybridized carbons (Fsp3) is 0.833. The lowest BCUT2D eigenvalue weighted by Crippen LogP contribution is -2.46. The first-order valence-corrected chi connectivity index (χ1v) is 6.73. The average molecular weight is 289 g/mol. The maximum absolute atomic E-state index is 5.66. The second-order valence-corrected chi connectivity index (χ2v) is 6.95. The summed E-state index contributed by atoms with van der Waals surface area (Å²) in [5, 5.41) is 0. The Hall–Kier alpha value is -0.0600. The molecule has 0 bridgehead atoms. The fourth-order valence-electron chi connectivity index (χ4n) is 2.45. The predicted molar refractivity (Wildman–Crippen MR) is 69.1 cm³/mol. The van der Waals surface area contributed by atoms with Crippen LogP contribution in [0.25, 0.3) is 0 Å². The fourth-order valence-corrected chi connectivity index (χ4v) is 2.95. The van der Waals surface area contributed by atoms with Crippen LogP contribution in [0.1, 0.15) is 33.6 Å². The lowest BCUT2D eigenvalue weighted by molar-refractivity contribution is -0.0747. The Morgan fingerprint density at radius 2 is 2.06 bits per heavy atom. The summed E-state index contributed by atoms with van der Waals surface area (Å²) in [6.45, 7) is 10.3. The highest BCUT2D eigenvalue weighted by atomic mass is 79.9. The molecule has 2 aliphatic rings. The van der Waals surface area contributed by atoms with E-state index in [1.807, 2.05) is 0 Å². The van der Waals surface area contributed by atoms with Gasteiger partial charge in [0, 0.05) is 19.6 Å². The molecule has 0 atom stereocenters. The Balaban J connectivity index is 1.88. The summed E-state index contributed by atoms with van der Waals surface area (Å²) in [7, 11) is 0. The molecule has 1 fully saturated rings. The van der Waals surface area contributed by atoms with Crippen LogP contribution in [-0.4, -0.2) is 30.1 Å². The van der Waals surface area contributed by atoms with Crippen molar-refractivity contribution in [3.8, 4) is 0 Å². The number of hydrogen-bond acceptors (Lipinski definition) is 3. The summed E-state index contributed by atoms with van der Waals surface area (Å²) in [6, 6.07) is 0. The van der Waals surface area contributed by atoms with Gasteiger partial charge in [0.1, 0.15) is 10.2 Å². The highest BCUT2D eigenvalue weighted by Gasteiger charge is 2.38. The number of nitrogens with one attached hydrogen (secondary N) is 1. The molecule has 1 spiro atoms. The van der Waals surface area contributed by atoms with Crippen molar-refractivity contribution in [1.82, 2.24) is 10.4 Å². The number of hydroxylamine groups is 1. The quantitative estimate of drug-likeness (QED) is 0.751. The Morgan fingerprint density at radius 3 is 2.50 bits per heavy atom. The maximum atomic E-state index is 5.66. The van der Waals surface area contributed by atoms with Crippen molar-refractivity contribution in [3.05, 3.63) is 10.7 Å². The SMILES string of the molecule is CC(C)(C)CN1CCC2(C=C(Br)NO2)CC1. The first kappa shape index (κ1) is 12.4. The van der Waals surface area contributed by atoms with Crippen molar-refractivity contribution in [1.29, 1.82) is 0 Å². The molecule has 0 aromatic heterocycles. The molecule has 1 saturated heterocycles. The Kier molecular flexibility index (Phi) is 3.34. The molecule has 0 aromatic rings. The van der Waals surface area contributed by atoms with Gasteiger partial charge in [0.15, 0.2) is 0 Å². The van der Waals surface area contributed by atoms with Crippen LogP contribution < -0.4 is 5.48 Å². The summed E-state index contributed by atoms with van der Waals surface area (Å²) < 4.78 is 0.969. The standard InChI is InChI=1S/C12H21BrN2O/c1-11(2,3)9-15-6-4-12(5-7-15)8-10(13)14-16-12/h8,14H,4-7,9H2,1-3H3. The van der Waals surface area contributed by atoms with E-state index in [1.54, 1.807) is 0 Å². The van der Waals surface area contributed by atoms with E-state index in [9.17, 15) is 0 Å². The molecule has 2 heterocycles. The van der Waals surface area contributed by atoms with Crippen molar-refractivity contribution >= 4 is 15.9 Å². The van der Waals surface area contributed by atoms with Gasteiger partial charge in [-0.3, -0.25) is 10.3 Å². The van der Waals surface area contributed by atoms with Gasteiger partial charge in [-0.2, -0.15) is 0 Å². The van der Waals surface area contributed by atoms with Crippen LogP contribution in [0.15, 0.2) is 10.7 Å². The van der Waals surface area contributed by atoms with Crippen molar-refractivity contribution in [2.75, 3.05) is 19.6 Å². The molecular formula is C12H21BrN2O. The van der Waals surface area contributed by atoms with Crippen LogP contribution in [0.5, 0.6) is 0 Å². The smallest absolute Gasteiger partial charge is 0.119 e. The van der Waals surface area contributed by atoms with E-state index < -0.39 is 0 Å². The molecule has 0 radical (unpaired) electrons. The zero-order chi connectivity index (χ0) is 11.8. The highest BCUT2D eigenvalue weighted by Crippen LogP contribution is 2.33. The zero-order valence-corrected chi connectivity index (χ0v) is 11.9. The van der Waals surface area contributed by atoms with Gasteiger partial charge >= 0.3 is 0 Å². The number of likely N-dealkylation sites (tertiary alicyclic amines) is 1. The molecule has 3 nitrogen and oxygen atoms in total. The van der Waals surface area contributed by atoms with Gasteiger partial charge in [-0.25, -0.2) is 0 Å². The van der Waals surface area contributed by atoms with E-state index in [0.717, 1.165) is 30.5 Å². The van der Waals surface area contributed by atoms with Gasteiger partial charge in [-0.05, 0) is 40.3 Å². The zero-order valence-electron chi connectivity index (χ0n) is 10.3. The second-order valence-electron chi connectivity index (χ2n) is 6.10. The molecular weight excluding hydrogens is 268 g/mol. The maximum Gasteiger partial charge on any atom is 0.119 e. The summed E-state index contributed by atoms with van der Waals surface area (Å²) in [5.74, 6) is 0. The van der Waals surface area contributed by atoms with Crippen molar-refractivity contribution in [3.63, 3.8) is 0 Å². The normalized spacial score (nSPS) is 25.6. The lowest BCUT2D eigenvalue weighted by atomic mass is 9.89. The lowest BCUT2D eigenvalue weighted by Gasteiger charge is -2.39. The van der Waals surface area contributed by atoms with Crippen molar-refractivity contribution < 1.29 is 4.84 Å². The molecule has 92 valence electrons. The van der Waals surface area contributed by atoms with Gasteiger partial charge in [0.2, 0.25) is 0 Å². The number of piperidine rings is 1. The minimum Gasteiger partial charge on any atom is -0.303 e. The first-order valence-electron chi connectivity index (χ1n) is 5.93. The van der Waals surface area contributed by atoms with Gasteiger partial charge in [0.05, 0.1) is 0 Å². The van der Waals surface area contributed by atoms with Gasteiger partial charge in [-0.15, -0.1) is 0 Å². The molecule has 4 heteroatoms. The summed E-state index contributed by atoms with van der Waals surface area (Å²) in [5.41, 5.74) is 3.22. The van der Waals surface area contributed by atoms with Gasteiger partial charge in [0.25, 0.3) is 0 Å². The predicted octanol–water partition coefficient (Wildman–Crippen LogP) is 2.64. The number of hydrogen-bond donors (Lipinski definition) is 1. The van der Waals surface area contributed by atoms with Crippen LogP contribution in [-0.2, 0) is 4.84 Å². The molecule has 0 aromatic carbocycles.